The number of hydrogen-bond acceptors (Lipinski definition) is 5. The number of carbonyl (C=O) groups is 2. The predicted octanol–water partition coefficient (Wildman–Crippen LogP) is 4.24. The number of rotatable bonds is 9. The van der Waals surface area contributed by atoms with E-state index in [9.17, 15) is 23.1 Å². The van der Waals surface area contributed by atoms with Gasteiger partial charge in [-0.1, -0.05) is 60.7 Å². The lowest BCUT2D eigenvalue weighted by Crippen LogP contribution is -2.55. The van der Waals surface area contributed by atoms with Crippen LogP contribution >= 0.6 is 0 Å². The van der Waals surface area contributed by atoms with Gasteiger partial charge in [0.1, 0.15) is 11.3 Å². The number of aliphatic carboxylic acids is 1. The highest BCUT2D eigenvalue weighted by Crippen LogP contribution is 2.36. The first kappa shape index (κ1) is 26.4. The van der Waals surface area contributed by atoms with Gasteiger partial charge in [-0.2, -0.15) is 4.31 Å². The summed E-state index contributed by atoms with van der Waals surface area (Å²) < 4.78 is 33.4. The third-order valence-electron chi connectivity index (χ3n) is 6.81. The molecule has 0 radical (unpaired) electrons. The minimum absolute atomic E-state index is 0.116. The number of amides is 1. The molecule has 0 aromatic heterocycles. The summed E-state index contributed by atoms with van der Waals surface area (Å²) in [6.07, 6.45) is 0.506. The smallest absolute Gasteiger partial charge is 0.305 e. The number of carboxylic acids is 1. The third-order valence-corrected chi connectivity index (χ3v) is 8.84. The van der Waals surface area contributed by atoms with Gasteiger partial charge in [0.2, 0.25) is 15.9 Å². The Kier molecular flexibility index (Phi) is 7.65. The average Bonchev–Trinajstić information content (AvgIpc) is 3.32. The van der Waals surface area contributed by atoms with E-state index in [1.54, 1.807) is 44.4 Å². The molecule has 37 heavy (non-hydrogen) atoms. The van der Waals surface area contributed by atoms with Gasteiger partial charge in [-0.25, -0.2) is 8.42 Å². The van der Waals surface area contributed by atoms with Crippen molar-refractivity contribution in [3.05, 3.63) is 84.4 Å². The molecule has 0 spiro atoms. The molecule has 0 aliphatic carbocycles. The fraction of sp³-hybridized carbons (Fsp3) is 0.286. The van der Waals surface area contributed by atoms with Crippen LogP contribution in [0.1, 0.15) is 37.8 Å². The molecule has 1 heterocycles. The second kappa shape index (κ2) is 10.7. The quantitative estimate of drug-likeness (QED) is 0.435. The van der Waals surface area contributed by atoms with Gasteiger partial charge in [0.05, 0.1) is 24.5 Å². The monoisotopic (exact) mass is 522 g/mol. The molecule has 1 aliphatic rings. The molecule has 9 heteroatoms. The van der Waals surface area contributed by atoms with Crippen LogP contribution in [0.2, 0.25) is 0 Å². The molecule has 1 amide bonds. The summed E-state index contributed by atoms with van der Waals surface area (Å²) >= 11 is 0. The Balaban J connectivity index is 1.60. The van der Waals surface area contributed by atoms with E-state index in [1.165, 1.54) is 16.4 Å². The summed E-state index contributed by atoms with van der Waals surface area (Å²) in [7, 11) is -2.32. The van der Waals surface area contributed by atoms with Crippen LogP contribution in [0.4, 0.5) is 0 Å². The van der Waals surface area contributed by atoms with E-state index >= 15 is 0 Å². The van der Waals surface area contributed by atoms with Gasteiger partial charge in [-0.15, -0.1) is 0 Å². The Morgan fingerprint density at radius 2 is 1.68 bits per heavy atom. The molecule has 1 fully saturated rings. The first-order valence-electron chi connectivity index (χ1n) is 12.0. The largest absolute Gasteiger partial charge is 0.496 e. The van der Waals surface area contributed by atoms with Crippen molar-refractivity contribution in [1.82, 2.24) is 9.62 Å². The number of nitrogens with one attached hydrogen (secondary N) is 1. The topological polar surface area (TPSA) is 113 Å². The Bertz CT molecular complexity index is 1380. The van der Waals surface area contributed by atoms with Crippen molar-refractivity contribution in [3.8, 4) is 16.9 Å². The molecule has 8 nitrogen and oxygen atoms in total. The van der Waals surface area contributed by atoms with Crippen molar-refractivity contribution in [3.63, 3.8) is 0 Å². The molecule has 0 bridgehead atoms. The Morgan fingerprint density at radius 3 is 2.32 bits per heavy atom. The zero-order valence-corrected chi connectivity index (χ0v) is 21.6. The molecule has 0 unspecified atom stereocenters. The maximum Gasteiger partial charge on any atom is 0.305 e. The second-order valence-electron chi connectivity index (χ2n) is 9.21. The van der Waals surface area contributed by atoms with Gasteiger partial charge < -0.3 is 15.2 Å². The minimum atomic E-state index is -3.91. The van der Waals surface area contributed by atoms with Crippen LogP contribution in [0.5, 0.6) is 5.75 Å². The normalized spacial score (nSPS) is 18.8. The van der Waals surface area contributed by atoms with Gasteiger partial charge >= 0.3 is 5.97 Å². The van der Waals surface area contributed by atoms with Crippen LogP contribution in [-0.2, 0) is 19.6 Å². The molecular weight excluding hydrogens is 492 g/mol. The fourth-order valence-corrected chi connectivity index (χ4v) is 6.62. The third kappa shape index (κ3) is 5.38. The Labute approximate surface area is 216 Å². The van der Waals surface area contributed by atoms with Gasteiger partial charge in [-0.3, -0.25) is 9.59 Å². The summed E-state index contributed by atoms with van der Waals surface area (Å²) in [6.45, 7) is 1.80. The maximum atomic E-state index is 13.6. The van der Waals surface area contributed by atoms with E-state index in [0.717, 1.165) is 11.1 Å². The van der Waals surface area contributed by atoms with Crippen LogP contribution in [-0.4, -0.2) is 48.9 Å². The molecule has 2 N–H and O–H groups in total. The summed E-state index contributed by atoms with van der Waals surface area (Å²) in [5.41, 5.74) is 1.02. The van der Waals surface area contributed by atoms with Crippen molar-refractivity contribution in [1.29, 1.82) is 0 Å². The number of para-hydroxylation sites is 1. The summed E-state index contributed by atoms with van der Waals surface area (Å²) in [6, 6.07) is 21.9. The van der Waals surface area contributed by atoms with Crippen molar-refractivity contribution >= 4 is 21.9 Å². The van der Waals surface area contributed by atoms with E-state index in [1.807, 2.05) is 36.4 Å². The highest BCUT2D eigenvalue weighted by Gasteiger charge is 2.50. The number of methoxy groups -OCH3 is 1. The Morgan fingerprint density at radius 1 is 1.03 bits per heavy atom. The van der Waals surface area contributed by atoms with E-state index in [-0.39, 0.29) is 17.9 Å². The van der Waals surface area contributed by atoms with Crippen molar-refractivity contribution in [2.45, 2.75) is 42.7 Å². The first-order valence-corrected chi connectivity index (χ1v) is 13.4. The summed E-state index contributed by atoms with van der Waals surface area (Å²) in [5.74, 6) is -0.895. The van der Waals surface area contributed by atoms with Crippen LogP contribution in [0, 0.1) is 0 Å². The van der Waals surface area contributed by atoms with Gasteiger partial charge in [0.15, 0.2) is 0 Å². The molecule has 0 saturated carbocycles. The predicted molar refractivity (Wildman–Crippen MR) is 140 cm³/mol. The number of ether oxygens (including phenoxy) is 1. The van der Waals surface area contributed by atoms with Crippen LogP contribution < -0.4 is 10.1 Å². The van der Waals surface area contributed by atoms with Crippen molar-refractivity contribution < 1.29 is 27.9 Å². The molecular formula is C28H30N2O6S. The van der Waals surface area contributed by atoms with Crippen molar-refractivity contribution in [2.75, 3.05) is 13.7 Å². The standard InChI is InChI=1S/C28H30N2O6S/c1-28(17-8-18-30(28)37(34,35)22-9-4-3-5-10-22)27(33)29-24(19-26(31)32)21-15-13-20(14-16-21)23-11-6-7-12-25(23)36-2/h3-7,9-16,24H,8,17-19H2,1-2H3,(H,29,33)(H,31,32)/t24-,28+/m1/s1. The first-order chi connectivity index (χ1) is 17.7. The molecule has 1 aliphatic heterocycles. The Hall–Kier alpha value is -3.69. The highest BCUT2D eigenvalue weighted by atomic mass is 32.2. The van der Waals surface area contributed by atoms with E-state index in [4.69, 9.17) is 4.74 Å². The number of carboxylic acid groups (broad SMARTS) is 1. The zero-order chi connectivity index (χ0) is 26.6. The van der Waals surface area contributed by atoms with Gasteiger partial charge in [0.25, 0.3) is 0 Å². The van der Waals surface area contributed by atoms with Crippen LogP contribution in [0.15, 0.2) is 83.8 Å². The molecule has 3 aromatic rings. The fourth-order valence-electron chi connectivity index (χ4n) is 4.79. The number of benzene rings is 3. The molecule has 194 valence electrons. The molecule has 1 saturated heterocycles. The van der Waals surface area contributed by atoms with E-state index in [0.29, 0.717) is 24.2 Å². The lowest BCUT2D eigenvalue weighted by atomic mass is 9.95. The van der Waals surface area contributed by atoms with E-state index < -0.39 is 33.5 Å². The van der Waals surface area contributed by atoms with Crippen LogP contribution in [0.25, 0.3) is 11.1 Å². The molecule has 3 aromatic carbocycles. The minimum Gasteiger partial charge on any atom is -0.496 e. The van der Waals surface area contributed by atoms with Gasteiger partial charge in [-0.05, 0) is 49.1 Å². The van der Waals surface area contributed by atoms with Crippen molar-refractivity contribution in [2.24, 2.45) is 0 Å². The molecule has 4 rings (SSSR count). The van der Waals surface area contributed by atoms with E-state index in [2.05, 4.69) is 5.32 Å². The number of carbonyl (C=O) groups excluding carboxylic acids is 1. The summed E-state index contributed by atoms with van der Waals surface area (Å²) in [5, 5.41) is 12.4. The van der Waals surface area contributed by atoms with Crippen LogP contribution in [0.3, 0.4) is 0 Å². The lowest BCUT2D eigenvalue weighted by Gasteiger charge is -2.34. The molecule has 2 atom stereocenters. The highest BCUT2D eigenvalue weighted by molar-refractivity contribution is 7.89. The second-order valence-corrected chi connectivity index (χ2v) is 11.1. The maximum absolute atomic E-state index is 13.6. The number of nitrogens with zero attached hydrogens (tertiary/aromatic N) is 1. The zero-order valence-electron chi connectivity index (χ0n) is 20.8. The summed E-state index contributed by atoms with van der Waals surface area (Å²) in [4.78, 5) is 25.4. The average molecular weight is 523 g/mol. The lowest BCUT2D eigenvalue weighted by molar-refractivity contribution is -0.138. The SMILES string of the molecule is COc1ccccc1-c1ccc([C@@H](CC(=O)O)NC(=O)[C@]2(C)CCCN2S(=O)(=O)c2ccccc2)cc1. The number of sulfonamides is 1. The van der Waals surface area contributed by atoms with Gasteiger partial charge in [0, 0.05) is 12.1 Å². The number of hydrogen-bond donors (Lipinski definition) is 2.